The molecule has 0 saturated carbocycles. The van der Waals surface area contributed by atoms with E-state index < -0.39 is 12.2 Å². The van der Waals surface area contributed by atoms with Gasteiger partial charge in [-0.1, -0.05) is 33.8 Å². The Morgan fingerprint density at radius 2 is 1.92 bits per heavy atom. The van der Waals surface area contributed by atoms with E-state index in [1.807, 2.05) is 27.7 Å². The number of aliphatic hydroxyl groups excluding tert-OH is 2. The fraction of sp³-hybridized carbons (Fsp3) is 0.818. The predicted molar refractivity (Wildman–Crippen MR) is 53.3 cm³/mol. The molecule has 0 bridgehead atoms. The molecule has 0 aromatic heterocycles. The highest BCUT2D eigenvalue weighted by Gasteiger charge is 2.38. The quantitative estimate of drug-likeness (QED) is 0.609. The van der Waals surface area contributed by atoms with E-state index in [1.54, 1.807) is 0 Å². The molecule has 76 valence electrons. The van der Waals surface area contributed by atoms with E-state index in [9.17, 15) is 10.2 Å². The lowest BCUT2D eigenvalue weighted by molar-refractivity contribution is -0.0448. The second-order valence-electron chi connectivity index (χ2n) is 4.94. The molecule has 0 saturated heterocycles. The minimum Gasteiger partial charge on any atom is -0.390 e. The van der Waals surface area contributed by atoms with Crippen molar-refractivity contribution in [1.29, 1.82) is 0 Å². The van der Waals surface area contributed by atoms with E-state index in [0.29, 0.717) is 5.92 Å². The normalized spacial score (nSPS) is 33.3. The standard InChI is InChI=1S/C11H20O2/c1-7(2)8-5-6-11(3,4)10(13)9(8)12/h5,7,9-10,12-13H,6H2,1-4H3. The first-order valence-corrected chi connectivity index (χ1v) is 4.92. The van der Waals surface area contributed by atoms with Crippen LogP contribution < -0.4 is 0 Å². The van der Waals surface area contributed by atoms with Crippen LogP contribution in [0.15, 0.2) is 11.6 Å². The molecule has 2 nitrogen and oxygen atoms in total. The van der Waals surface area contributed by atoms with Crippen LogP contribution in [-0.2, 0) is 0 Å². The minimum absolute atomic E-state index is 0.197. The van der Waals surface area contributed by atoms with E-state index >= 15 is 0 Å². The van der Waals surface area contributed by atoms with Crippen molar-refractivity contribution >= 4 is 0 Å². The zero-order valence-corrected chi connectivity index (χ0v) is 8.91. The van der Waals surface area contributed by atoms with Gasteiger partial charge in [0.05, 0.1) is 6.10 Å². The summed E-state index contributed by atoms with van der Waals surface area (Å²) in [5.41, 5.74) is 0.782. The average Bonchev–Trinajstić information content (AvgIpc) is 2.00. The van der Waals surface area contributed by atoms with Gasteiger partial charge >= 0.3 is 0 Å². The lowest BCUT2D eigenvalue weighted by atomic mass is 9.72. The largest absolute Gasteiger partial charge is 0.390 e. The van der Waals surface area contributed by atoms with Crippen LogP contribution in [0, 0.1) is 11.3 Å². The maximum atomic E-state index is 9.83. The molecule has 1 aliphatic carbocycles. The van der Waals surface area contributed by atoms with E-state index in [1.165, 1.54) is 0 Å². The van der Waals surface area contributed by atoms with E-state index in [4.69, 9.17) is 0 Å². The Balaban J connectivity index is 2.89. The Morgan fingerprint density at radius 3 is 2.38 bits per heavy atom. The fourth-order valence-electron chi connectivity index (χ4n) is 1.81. The smallest absolute Gasteiger partial charge is 0.102 e. The zero-order valence-electron chi connectivity index (χ0n) is 8.91. The molecule has 2 N–H and O–H groups in total. The van der Waals surface area contributed by atoms with Crippen molar-refractivity contribution in [1.82, 2.24) is 0 Å². The molecular weight excluding hydrogens is 164 g/mol. The molecule has 2 unspecified atom stereocenters. The Hall–Kier alpha value is -0.340. The van der Waals surface area contributed by atoms with Crippen molar-refractivity contribution in [3.63, 3.8) is 0 Å². The third-order valence-electron chi connectivity index (χ3n) is 2.97. The molecule has 13 heavy (non-hydrogen) atoms. The molecule has 1 aliphatic rings. The van der Waals surface area contributed by atoms with Crippen LogP contribution >= 0.6 is 0 Å². The van der Waals surface area contributed by atoms with Gasteiger partial charge in [-0.15, -0.1) is 0 Å². The summed E-state index contributed by atoms with van der Waals surface area (Å²) >= 11 is 0. The van der Waals surface area contributed by atoms with Gasteiger partial charge in [0.2, 0.25) is 0 Å². The molecular formula is C11H20O2. The summed E-state index contributed by atoms with van der Waals surface area (Å²) in [6, 6.07) is 0. The monoisotopic (exact) mass is 184 g/mol. The molecule has 0 spiro atoms. The van der Waals surface area contributed by atoms with Gasteiger partial charge in [0.15, 0.2) is 0 Å². The highest BCUT2D eigenvalue weighted by Crippen LogP contribution is 2.37. The summed E-state index contributed by atoms with van der Waals surface area (Å²) in [4.78, 5) is 0. The van der Waals surface area contributed by atoms with Crippen LogP contribution in [0.5, 0.6) is 0 Å². The SMILES string of the molecule is CC(C)C1=CCC(C)(C)C(O)C1O. The summed E-state index contributed by atoms with van der Waals surface area (Å²) in [5, 5.41) is 19.7. The molecule has 0 amide bonds. The molecule has 0 fully saturated rings. The molecule has 0 aromatic carbocycles. The summed E-state index contributed by atoms with van der Waals surface area (Å²) in [5.74, 6) is 0.320. The predicted octanol–water partition coefficient (Wildman–Crippen LogP) is 1.72. The number of hydrogen-bond acceptors (Lipinski definition) is 2. The van der Waals surface area contributed by atoms with Crippen LogP contribution in [0.2, 0.25) is 0 Å². The molecule has 1 rings (SSSR count). The molecule has 0 radical (unpaired) electrons. The Bertz CT molecular complexity index is 216. The third-order valence-corrected chi connectivity index (χ3v) is 2.97. The Kier molecular flexibility index (Phi) is 2.83. The lowest BCUT2D eigenvalue weighted by Gasteiger charge is -2.39. The summed E-state index contributed by atoms with van der Waals surface area (Å²) in [7, 11) is 0. The molecule has 0 aliphatic heterocycles. The van der Waals surface area contributed by atoms with Crippen LogP contribution in [-0.4, -0.2) is 22.4 Å². The lowest BCUT2D eigenvalue weighted by Crippen LogP contribution is -2.44. The van der Waals surface area contributed by atoms with E-state index in [-0.39, 0.29) is 5.41 Å². The highest BCUT2D eigenvalue weighted by atomic mass is 16.3. The van der Waals surface area contributed by atoms with Crippen LogP contribution in [0.4, 0.5) is 0 Å². The first kappa shape index (κ1) is 10.7. The zero-order chi connectivity index (χ0) is 10.2. The molecule has 2 atom stereocenters. The average molecular weight is 184 g/mol. The minimum atomic E-state index is -0.677. The van der Waals surface area contributed by atoms with Crippen molar-refractivity contribution < 1.29 is 10.2 Å². The van der Waals surface area contributed by atoms with Crippen molar-refractivity contribution in [2.24, 2.45) is 11.3 Å². The third kappa shape index (κ3) is 1.94. The maximum Gasteiger partial charge on any atom is 0.102 e. The van der Waals surface area contributed by atoms with Gasteiger partial charge in [-0.2, -0.15) is 0 Å². The second kappa shape index (κ2) is 3.43. The van der Waals surface area contributed by atoms with E-state index in [2.05, 4.69) is 6.08 Å². The number of rotatable bonds is 1. The van der Waals surface area contributed by atoms with Crippen molar-refractivity contribution in [3.05, 3.63) is 11.6 Å². The van der Waals surface area contributed by atoms with Crippen LogP contribution in [0.1, 0.15) is 34.1 Å². The number of aliphatic hydroxyl groups is 2. The number of allylic oxidation sites excluding steroid dienone is 1. The van der Waals surface area contributed by atoms with Gasteiger partial charge in [0.25, 0.3) is 0 Å². The Morgan fingerprint density at radius 1 is 1.38 bits per heavy atom. The summed E-state index contributed by atoms with van der Waals surface area (Å²) < 4.78 is 0. The van der Waals surface area contributed by atoms with Gasteiger partial charge in [0.1, 0.15) is 6.10 Å². The van der Waals surface area contributed by atoms with Gasteiger partial charge < -0.3 is 10.2 Å². The summed E-state index contributed by atoms with van der Waals surface area (Å²) in [6.07, 6.45) is 1.61. The molecule has 2 heteroatoms. The van der Waals surface area contributed by atoms with E-state index in [0.717, 1.165) is 12.0 Å². The fourth-order valence-corrected chi connectivity index (χ4v) is 1.81. The van der Waals surface area contributed by atoms with Gasteiger partial charge in [-0.25, -0.2) is 0 Å². The number of hydrogen-bond donors (Lipinski definition) is 2. The topological polar surface area (TPSA) is 40.5 Å². The van der Waals surface area contributed by atoms with Gasteiger partial charge in [0, 0.05) is 0 Å². The van der Waals surface area contributed by atoms with Crippen LogP contribution in [0.3, 0.4) is 0 Å². The van der Waals surface area contributed by atoms with Gasteiger partial charge in [-0.05, 0) is 23.3 Å². The first-order valence-electron chi connectivity index (χ1n) is 4.92. The highest BCUT2D eigenvalue weighted by molar-refractivity contribution is 5.19. The molecule has 0 heterocycles. The van der Waals surface area contributed by atoms with Crippen molar-refractivity contribution in [3.8, 4) is 0 Å². The second-order valence-corrected chi connectivity index (χ2v) is 4.94. The van der Waals surface area contributed by atoms with Crippen molar-refractivity contribution in [2.75, 3.05) is 0 Å². The van der Waals surface area contributed by atoms with Crippen molar-refractivity contribution in [2.45, 2.75) is 46.3 Å². The first-order chi connectivity index (χ1) is 5.86. The summed E-state index contributed by atoms with van der Waals surface area (Å²) in [6.45, 7) is 8.04. The van der Waals surface area contributed by atoms with Gasteiger partial charge in [-0.3, -0.25) is 0 Å². The van der Waals surface area contributed by atoms with Crippen LogP contribution in [0.25, 0.3) is 0 Å². The molecule has 0 aromatic rings. The Labute approximate surface area is 80.3 Å². The maximum absolute atomic E-state index is 9.83.